The molecule has 1 aliphatic heterocycles. The fraction of sp³-hybridized carbons (Fsp3) is 0.556. The summed E-state index contributed by atoms with van der Waals surface area (Å²) in [7, 11) is 0. The van der Waals surface area contributed by atoms with Crippen LogP contribution in [0.4, 0.5) is 0 Å². The maximum Gasteiger partial charge on any atom is 0.303 e. The summed E-state index contributed by atoms with van der Waals surface area (Å²) < 4.78 is 0. The molecule has 3 unspecified atom stereocenters. The van der Waals surface area contributed by atoms with Gasteiger partial charge in [-0.3, -0.25) is 9.59 Å². The SMILES string of the molecule is O=C(O)CCC1CCCN(C(=O)C2CC2c2ccc(Cl)cc2)C1. The van der Waals surface area contributed by atoms with Crippen molar-refractivity contribution in [2.75, 3.05) is 13.1 Å². The van der Waals surface area contributed by atoms with Gasteiger partial charge in [0.1, 0.15) is 0 Å². The first kappa shape index (κ1) is 16.3. The van der Waals surface area contributed by atoms with Crippen molar-refractivity contribution in [3.8, 4) is 0 Å². The highest BCUT2D eigenvalue weighted by atomic mass is 35.5. The second-order valence-electron chi connectivity index (χ2n) is 6.73. The van der Waals surface area contributed by atoms with Crippen LogP contribution < -0.4 is 0 Å². The summed E-state index contributed by atoms with van der Waals surface area (Å²) in [4.78, 5) is 25.3. The molecule has 124 valence electrons. The molecule has 5 heteroatoms. The van der Waals surface area contributed by atoms with E-state index in [-0.39, 0.29) is 18.2 Å². The highest BCUT2D eigenvalue weighted by Crippen LogP contribution is 2.49. The van der Waals surface area contributed by atoms with Crippen LogP contribution in [0.1, 0.15) is 43.6 Å². The Hall–Kier alpha value is -1.55. The standard InChI is InChI=1S/C18H22ClNO3/c19-14-6-4-13(5-7-14)15-10-16(15)18(23)20-9-1-2-12(11-20)3-8-17(21)22/h4-7,12,15-16H,1-3,8-11H2,(H,21,22). The number of nitrogens with zero attached hydrogens (tertiary/aromatic N) is 1. The average molecular weight is 336 g/mol. The van der Waals surface area contributed by atoms with Crippen molar-refractivity contribution in [3.05, 3.63) is 34.9 Å². The molecule has 1 aliphatic carbocycles. The molecular weight excluding hydrogens is 314 g/mol. The molecule has 0 radical (unpaired) electrons. The van der Waals surface area contributed by atoms with E-state index in [1.54, 1.807) is 0 Å². The molecule has 3 atom stereocenters. The predicted molar refractivity (Wildman–Crippen MR) is 88.5 cm³/mol. The zero-order valence-electron chi connectivity index (χ0n) is 13.1. The van der Waals surface area contributed by atoms with Crippen LogP contribution in [0.3, 0.4) is 0 Å². The minimum absolute atomic E-state index is 0.0920. The van der Waals surface area contributed by atoms with Gasteiger partial charge in [-0.1, -0.05) is 23.7 Å². The third-order valence-corrected chi connectivity index (χ3v) is 5.25. The molecule has 1 saturated heterocycles. The van der Waals surface area contributed by atoms with Gasteiger partial charge in [-0.25, -0.2) is 0 Å². The number of carbonyl (C=O) groups excluding carboxylic acids is 1. The van der Waals surface area contributed by atoms with Crippen LogP contribution in [-0.2, 0) is 9.59 Å². The van der Waals surface area contributed by atoms with E-state index in [1.165, 1.54) is 5.56 Å². The van der Waals surface area contributed by atoms with Gasteiger partial charge in [0.15, 0.2) is 0 Å². The number of hydrogen-bond acceptors (Lipinski definition) is 2. The molecule has 4 nitrogen and oxygen atoms in total. The number of benzene rings is 1. The highest BCUT2D eigenvalue weighted by Gasteiger charge is 2.46. The Morgan fingerprint density at radius 3 is 2.70 bits per heavy atom. The lowest BCUT2D eigenvalue weighted by atomic mass is 9.93. The molecule has 1 amide bonds. The Balaban J connectivity index is 1.54. The normalized spacial score (nSPS) is 26.8. The summed E-state index contributed by atoms with van der Waals surface area (Å²) in [6.07, 6.45) is 3.79. The highest BCUT2D eigenvalue weighted by molar-refractivity contribution is 6.30. The van der Waals surface area contributed by atoms with Crippen LogP contribution in [-0.4, -0.2) is 35.0 Å². The number of piperidine rings is 1. The lowest BCUT2D eigenvalue weighted by molar-refractivity contribution is -0.137. The molecule has 1 heterocycles. The molecule has 0 bridgehead atoms. The van der Waals surface area contributed by atoms with Crippen molar-refractivity contribution >= 4 is 23.5 Å². The van der Waals surface area contributed by atoms with Crippen molar-refractivity contribution in [2.24, 2.45) is 11.8 Å². The number of rotatable bonds is 5. The molecule has 0 spiro atoms. The smallest absolute Gasteiger partial charge is 0.303 e. The summed E-state index contributed by atoms with van der Waals surface area (Å²) in [5.74, 6) is 0.230. The van der Waals surface area contributed by atoms with E-state index in [0.717, 1.165) is 37.4 Å². The number of amides is 1. The van der Waals surface area contributed by atoms with Crippen molar-refractivity contribution in [1.29, 1.82) is 0 Å². The largest absolute Gasteiger partial charge is 0.481 e. The predicted octanol–water partition coefficient (Wildman–Crippen LogP) is 3.55. The zero-order chi connectivity index (χ0) is 16.4. The van der Waals surface area contributed by atoms with Gasteiger partial charge in [0.2, 0.25) is 5.91 Å². The van der Waals surface area contributed by atoms with Crippen molar-refractivity contribution in [1.82, 2.24) is 4.90 Å². The molecule has 1 saturated carbocycles. The fourth-order valence-electron chi connectivity index (χ4n) is 3.61. The van der Waals surface area contributed by atoms with E-state index in [4.69, 9.17) is 16.7 Å². The fourth-order valence-corrected chi connectivity index (χ4v) is 3.74. The average Bonchev–Trinajstić information content (AvgIpc) is 3.34. The Morgan fingerprint density at radius 1 is 1.26 bits per heavy atom. The summed E-state index contributed by atoms with van der Waals surface area (Å²) in [6, 6.07) is 7.76. The first-order valence-electron chi connectivity index (χ1n) is 8.30. The molecule has 2 aliphatic rings. The first-order valence-corrected chi connectivity index (χ1v) is 8.68. The summed E-state index contributed by atoms with van der Waals surface area (Å²) in [5, 5.41) is 9.52. The maximum atomic E-state index is 12.7. The van der Waals surface area contributed by atoms with E-state index < -0.39 is 5.97 Å². The Kier molecular flexibility index (Phi) is 4.90. The molecule has 0 aromatic heterocycles. The maximum absolute atomic E-state index is 12.7. The van der Waals surface area contributed by atoms with Crippen LogP contribution >= 0.6 is 11.6 Å². The first-order chi connectivity index (χ1) is 11.0. The molecule has 3 rings (SSSR count). The minimum Gasteiger partial charge on any atom is -0.481 e. The summed E-state index contributed by atoms with van der Waals surface area (Å²) >= 11 is 5.91. The third kappa shape index (κ3) is 4.05. The van der Waals surface area contributed by atoms with Gasteiger partial charge in [-0.15, -0.1) is 0 Å². The summed E-state index contributed by atoms with van der Waals surface area (Å²) in [6.45, 7) is 1.53. The number of halogens is 1. The zero-order valence-corrected chi connectivity index (χ0v) is 13.8. The van der Waals surface area contributed by atoms with Crippen LogP contribution in [0.25, 0.3) is 0 Å². The minimum atomic E-state index is -0.751. The van der Waals surface area contributed by atoms with Crippen molar-refractivity contribution < 1.29 is 14.7 Å². The monoisotopic (exact) mass is 335 g/mol. The molecular formula is C18H22ClNO3. The van der Waals surface area contributed by atoms with Gasteiger partial charge in [-0.05, 0) is 55.2 Å². The Labute approximate surface area is 141 Å². The van der Waals surface area contributed by atoms with Gasteiger partial charge in [0.25, 0.3) is 0 Å². The van der Waals surface area contributed by atoms with E-state index >= 15 is 0 Å². The van der Waals surface area contributed by atoms with E-state index in [1.807, 2.05) is 29.2 Å². The van der Waals surface area contributed by atoms with Gasteiger partial charge in [0, 0.05) is 30.5 Å². The van der Waals surface area contributed by atoms with Crippen LogP contribution in [0, 0.1) is 11.8 Å². The van der Waals surface area contributed by atoms with E-state index in [0.29, 0.717) is 18.3 Å². The quantitative estimate of drug-likeness (QED) is 0.895. The Bertz CT molecular complexity index is 586. The van der Waals surface area contributed by atoms with Crippen molar-refractivity contribution in [2.45, 2.75) is 38.0 Å². The van der Waals surface area contributed by atoms with Crippen LogP contribution in [0.2, 0.25) is 5.02 Å². The molecule has 1 aromatic rings. The lowest BCUT2D eigenvalue weighted by Gasteiger charge is -2.33. The van der Waals surface area contributed by atoms with Gasteiger partial charge >= 0.3 is 5.97 Å². The topological polar surface area (TPSA) is 57.6 Å². The Morgan fingerprint density at radius 2 is 2.00 bits per heavy atom. The molecule has 2 fully saturated rings. The summed E-state index contributed by atoms with van der Waals surface area (Å²) in [5.41, 5.74) is 1.19. The van der Waals surface area contributed by atoms with Gasteiger partial charge in [0.05, 0.1) is 0 Å². The van der Waals surface area contributed by atoms with Crippen molar-refractivity contribution in [3.63, 3.8) is 0 Å². The van der Waals surface area contributed by atoms with Gasteiger partial charge in [-0.2, -0.15) is 0 Å². The lowest BCUT2D eigenvalue weighted by Crippen LogP contribution is -2.41. The number of carboxylic acids is 1. The second kappa shape index (κ2) is 6.91. The molecule has 1 N–H and O–H groups in total. The number of likely N-dealkylation sites (tertiary alicyclic amines) is 1. The van der Waals surface area contributed by atoms with Crippen LogP contribution in [0.5, 0.6) is 0 Å². The number of aliphatic carboxylic acids is 1. The third-order valence-electron chi connectivity index (χ3n) is 5.00. The second-order valence-corrected chi connectivity index (χ2v) is 7.16. The number of carboxylic acid groups (broad SMARTS) is 1. The van der Waals surface area contributed by atoms with Crippen LogP contribution in [0.15, 0.2) is 24.3 Å². The molecule has 23 heavy (non-hydrogen) atoms. The van der Waals surface area contributed by atoms with Gasteiger partial charge < -0.3 is 10.0 Å². The number of hydrogen-bond donors (Lipinski definition) is 1. The molecule has 1 aromatic carbocycles. The van der Waals surface area contributed by atoms with E-state index in [2.05, 4.69) is 0 Å². The number of carbonyl (C=O) groups is 2. The van der Waals surface area contributed by atoms with E-state index in [9.17, 15) is 9.59 Å².